The summed E-state index contributed by atoms with van der Waals surface area (Å²) in [5.41, 5.74) is 1.86. The maximum atomic E-state index is 9.14. The molecule has 1 rings (SSSR count). The molecule has 0 heterocycles. The Bertz CT molecular complexity index is 437. The summed E-state index contributed by atoms with van der Waals surface area (Å²) in [6.45, 7) is 9.34. The monoisotopic (exact) mass is 246 g/mol. The Morgan fingerprint density at radius 3 is 2.67 bits per heavy atom. The molecule has 1 atom stereocenters. The summed E-state index contributed by atoms with van der Waals surface area (Å²) in [7, 11) is 0. The van der Waals surface area contributed by atoms with Crippen molar-refractivity contribution >= 4 is 0 Å². The minimum Gasteiger partial charge on any atom is -0.493 e. The molecule has 3 nitrogen and oxygen atoms in total. The van der Waals surface area contributed by atoms with Crippen molar-refractivity contribution in [3.8, 4) is 11.8 Å². The first-order valence-electron chi connectivity index (χ1n) is 6.37. The summed E-state index contributed by atoms with van der Waals surface area (Å²) < 4.78 is 5.74. The number of hydrogen-bond donors (Lipinski definition) is 1. The van der Waals surface area contributed by atoms with E-state index < -0.39 is 5.54 Å². The van der Waals surface area contributed by atoms with Crippen molar-refractivity contribution in [2.24, 2.45) is 0 Å². The average Bonchev–Trinajstić information content (AvgIpc) is 2.32. The molecule has 18 heavy (non-hydrogen) atoms. The van der Waals surface area contributed by atoms with E-state index in [-0.39, 0.29) is 0 Å². The van der Waals surface area contributed by atoms with Gasteiger partial charge in [-0.1, -0.05) is 24.6 Å². The van der Waals surface area contributed by atoms with E-state index in [2.05, 4.69) is 24.4 Å². The lowest BCUT2D eigenvalue weighted by Gasteiger charge is -2.22. The van der Waals surface area contributed by atoms with Crippen molar-refractivity contribution in [1.29, 1.82) is 5.26 Å². The smallest absolute Gasteiger partial charge is 0.122 e. The van der Waals surface area contributed by atoms with Crippen LogP contribution in [-0.4, -0.2) is 18.7 Å². The number of aryl methyl sites for hydroxylation is 2. The van der Waals surface area contributed by atoms with Crippen LogP contribution < -0.4 is 10.1 Å². The van der Waals surface area contributed by atoms with Crippen LogP contribution in [0.3, 0.4) is 0 Å². The lowest BCUT2D eigenvalue weighted by molar-refractivity contribution is 0.267. The van der Waals surface area contributed by atoms with E-state index in [1.807, 2.05) is 32.9 Å². The zero-order valence-electron chi connectivity index (χ0n) is 11.7. The van der Waals surface area contributed by atoms with Gasteiger partial charge in [-0.15, -0.1) is 0 Å². The first-order valence-corrected chi connectivity index (χ1v) is 6.37. The van der Waals surface area contributed by atoms with Crippen molar-refractivity contribution in [1.82, 2.24) is 5.32 Å². The largest absolute Gasteiger partial charge is 0.493 e. The molecule has 0 aliphatic heterocycles. The first kappa shape index (κ1) is 14.5. The van der Waals surface area contributed by atoms with Gasteiger partial charge in [0.25, 0.3) is 0 Å². The predicted octanol–water partition coefficient (Wildman–Crippen LogP) is 2.96. The van der Waals surface area contributed by atoms with E-state index in [0.717, 1.165) is 17.9 Å². The number of rotatable bonds is 6. The van der Waals surface area contributed by atoms with Gasteiger partial charge >= 0.3 is 0 Å². The minimum atomic E-state index is -0.507. The van der Waals surface area contributed by atoms with E-state index in [0.29, 0.717) is 13.0 Å². The molecule has 1 unspecified atom stereocenters. The number of benzene rings is 1. The normalized spacial score (nSPS) is 13.7. The Labute approximate surface area is 110 Å². The van der Waals surface area contributed by atoms with E-state index in [1.165, 1.54) is 5.56 Å². The minimum absolute atomic E-state index is 0.507. The maximum absolute atomic E-state index is 9.14. The van der Waals surface area contributed by atoms with Gasteiger partial charge in [-0.25, -0.2) is 0 Å². The van der Waals surface area contributed by atoms with Crippen LogP contribution in [0.4, 0.5) is 0 Å². The molecule has 0 aromatic heterocycles. The number of nitriles is 1. The van der Waals surface area contributed by atoms with Gasteiger partial charge in [-0.2, -0.15) is 5.26 Å². The molecule has 0 amide bonds. The molecule has 0 bridgehead atoms. The Morgan fingerprint density at radius 1 is 1.39 bits per heavy atom. The molecule has 0 fully saturated rings. The summed E-state index contributed by atoms with van der Waals surface area (Å²) in [6.07, 6.45) is 0.671. The van der Waals surface area contributed by atoms with Gasteiger partial charge in [0.2, 0.25) is 0 Å². The highest BCUT2D eigenvalue weighted by Crippen LogP contribution is 2.19. The fraction of sp³-hybridized carbons (Fsp3) is 0.533. The highest BCUT2D eigenvalue weighted by molar-refractivity contribution is 5.35. The molecule has 1 aromatic rings. The Balaban J connectivity index is 2.53. The molecular weight excluding hydrogens is 224 g/mol. The Kier molecular flexibility index (Phi) is 5.18. The molecule has 3 heteroatoms. The van der Waals surface area contributed by atoms with Gasteiger partial charge in [0, 0.05) is 6.42 Å². The third-order valence-corrected chi connectivity index (χ3v) is 3.00. The molecule has 0 radical (unpaired) electrons. The summed E-state index contributed by atoms with van der Waals surface area (Å²) in [6, 6.07) is 8.42. The zero-order chi connectivity index (χ0) is 13.6. The second-order valence-corrected chi connectivity index (χ2v) is 4.84. The fourth-order valence-electron chi connectivity index (χ4n) is 1.90. The van der Waals surface area contributed by atoms with Crippen LogP contribution in [0.15, 0.2) is 18.2 Å². The molecule has 98 valence electrons. The van der Waals surface area contributed by atoms with Gasteiger partial charge in [-0.3, -0.25) is 5.32 Å². The molecule has 0 spiro atoms. The topological polar surface area (TPSA) is 45.0 Å². The summed E-state index contributed by atoms with van der Waals surface area (Å²) in [4.78, 5) is 0. The zero-order valence-corrected chi connectivity index (χ0v) is 11.7. The highest BCUT2D eigenvalue weighted by Gasteiger charge is 2.22. The van der Waals surface area contributed by atoms with Gasteiger partial charge < -0.3 is 4.74 Å². The number of hydrogen-bond acceptors (Lipinski definition) is 3. The van der Waals surface area contributed by atoms with E-state index in [1.54, 1.807) is 0 Å². The van der Waals surface area contributed by atoms with Crippen molar-refractivity contribution < 1.29 is 4.74 Å². The highest BCUT2D eigenvalue weighted by atomic mass is 16.5. The van der Waals surface area contributed by atoms with Gasteiger partial charge in [0.15, 0.2) is 0 Å². The predicted molar refractivity (Wildman–Crippen MR) is 73.7 cm³/mol. The number of nitrogens with one attached hydrogen (secondary N) is 1. The van der Waals surface area contributed by atoms with Crippen LogP contribution in [0.5, 0.6) is 5.75 Å². The van der Waals surface area contributed by atoms with Gasteiger partial charge in [0.1, 0.15) is 11.3 Å². The Morgan fingerprint density at radius 2 is 2.11 bits per heavy atom. The second-order valence-electron chi connectivity index (χ2n) is 4.84. The van der Waals surface area contributed by atoms with Crippen molar-refractivity contribution in [3.05, 3.63) is 29.3 Å². The molecule has 1 N–H and O–H groups in total. The second kappa shape index (κ2) is 6.42. The van der Waals surface area contributed by atoms with Crippen LogP contribution in [0.2, 0.25) is 0 Å². The van der Waals surface area contributed by atoms with Gasteiger partial charge in [-0.05, 0) is 38.9 Å². The average molecular weight is 246 g/mol. The van der Waals surface area contributed by atoms with Crippen molar-refractivity contribution in [3.63, 3.8) is 0 Å². The van der Waals surface area contributed by atoms with Crippen LogP contribution in [0.1, 0.15) is 31.4 Å². The lowest BCUT2D eigenvalue weighted by Crippen LogP contribution is -2.42. The van der Waals surface area contributed by atoms with Gasteiger partial charge in [0.05, 0.1) is 12.7 Å². The van der Waals surface area contributed by atoms with Crippen LogP contribution in [0.25, 0.3) is 0 Å². The molecule has 0 aliphatic carbocycles. The third-order valence-electron chi connectivity index (χ3n) is 3.00. The lowest BCUT2D eigenvalue weighted by atomic mass is 10.0. The fourth-order valence-corrected chi connectivity index (χ4v) is 1.90. The molecule has 0 aliphatic rings. The SMILES string of the molecule is CCNC(C)(C#N)CCOc1ccc(C)cc1C. The maximum Gasteiger partial charge on any atom is 0.122 e. The van der Waals surface area contributed by atoms with Crippen LogP contribution in [0, 0.1) is 25.2 Å². The van der Waals surface area contributed by atoms with E-state index in [4.69, 9.17) is 10.00 Å². The van der Waals surface area contributed by atoms with Crippen molar-refractivity contribution in [2.75, 3.05) is 13.2 Å². The standard InChI is InChI=1S/C15H22N2O/c1-5-17-15(4,11-16)8-9-18-14-7-6-12(2)10-13(14)3/h6-7,10,17H,5,8-9H2,1-4H3. The molecule has 0 saturated heterocycles. The van der Waals surface area contributed by atoms with Crippen molar-refractivity contribution in [2.45, 2.75) is 39.7 Å². The van der Waals surface area contributed by atoms with E-state index >= 15 is 0 Å². The quantitative estimate of drug-likeness (QED) is 0.839. The first-order chi connectivity index (χ1) is 8.50. The number of nitrogens with zero attached hydrogens (tertiary/aromatic N) is 1. The molecule has 0 saturated carbocycles. The summed E-state index contributed by atoms with van der Waals surface area (Å²) in [5.74, 6) is 0.900. The van der Waals surface area contributed by atoms with E-state index in [9.17, 15) is 0 Å². The summed E-state index contributed by atoms with van der Waals surface area (Å²) >= 11 is 0. The summed E-state index contributed by atoms with van der Waals surface area (Å²) in [5, 5.41) is 12.3. The number of ether oxygens (including phenoxy) is 1. The van der Waals surface area contributed by atoms with Crippen LogP contribution >= 0.6 is 0 Å². The molecular formula is C15H22N2O. The van der Waals surface area contributed by atoms with Crippen LogP contribution in [-0.2, 0) is 0 Å². The Hall–Kier alpha value is -1.53. The third kappa shape index (κ3) is 4.05. The molecule has 1 aromatic carbocycles.